The van der Waals surface area contributed by atoms with E-state index in [9.17, 15) is 8.78 Å². The van der Waals surface area contributed by atoms with Crippen molar-refractivity contribution in [3.63, 3.8) is 0 Å². The number of nitrogens with zero attached hydrogens (tertiary/aromatic N) is 3. The lowest BCUT2D eigenvalue weighted by molar-refractivity contribution is 0.145. The summed E-state index contributed by atoms with van der Waals surface area (Å²) in [5, 5.41) is 7.63. The number of hydrogen-bond donors (Lipinski definition) is 0. The number of benzene rings is 1. The van der Waals surface area contributed by atoms with Gasteiger partial charge in [-0.2, -0.15) is 5.10 Å². The van der Waals surface area contributed by atoms with Gasteiger partial charge in [-0.15, -0.1) is 0 Å². The molecule has 118 valence electrons. The first kappa shape index (κ1) is 15.9. The van der Waals surface area contributed by atoms with Crippen LogP contribution in [-0.4, -0.2) is 29.2 Å². The summed E-state index contributed by atoms with van der Waals surface area (Å²) in [5.41, 5.74) is 2.16. The van der Waals surface area contributed by atoms with Crippen LogP contribution in [0, 0.1) is 6.92 Å². The molecule has 0 atom stereocenters. The SMILES string of the molecule is CON=C(COc1cc(C(F)F)nn1C)c1cccc(C)c1. The second kappa shape index (κ2) is 7.02. The molecule has 0 bridgehead atoms. The van der Waals surface area contributed by atoms with E-state index in [2.05, 4.69) is 10.3 Å². The normalized spacial score (nSPS) is 11.8. The Labute approximate surface area is 127 Å². The van der Waals surface area contributed by atoms with E-state index >= 15 is 0 Å². The van der Waals surface area contributed by atoms with Gasteiger partial charge in [-0.3, -0.25) is 0 Å². The maximum absolute atomic E-state index is 12.6. The minimum absolute atomic E-state index is 0.0828. The van der Waals surface area contributed by atoms with Crippen LogP contribution in [0.4, 0.5) is 8.78 Å². The molecule has 0 unspecified atom stereocenters. The molecule has 5 nitrogen and oxygen atoms in total. The lowest BCUT2D eigenvalue weighted by Gasteiger charge is -2.09. The molecule has 0 aliphatic carbocycles. The molecule has 0 amide bonds. The van der Waals surface area contributed by atoms with Crippen molar-refractivity contribution in [2.45, 2.75) is 13.3 Å². The van der Waals surface area contributed by atoms with Gasteiger partial charge in [-0.25, -0.2) is 13.5 Å². The quantitative estimate of drug-likeness (QED) is 0.608. The molecular weight excluding hydrogens is 292 g/mol. The summed E-state index contributed by atoms with van der Waals surface area (Å²) in [5.74, 6) is 0.242. The van der Waals surface area contributed by atoms with Gasteiger partial charge >= 0.3 is 0 Å². The smallest absolute Gasteiger partial charge is 0.282 e. The zero-order chi connectivity index (χ0) is 16.1. The largest absolute Gasteiger partial charge is 0.471 e. The Morgan fingerprint density at radius 2 is 2.14 bits per heavy atom. The summed E-state index contributed by atoms with van der Waals surface area (Å²) in [6.07, 6.45) is -2.63. The van der Waals surface area contributed by atoms with Crippen molar-refractivity contribution in [3.8, 4) is 5.88 Å². The molecule has 2 rings (SSSR count). The fourth-order valence-corrected chi connectivity index (χ4v) is 1.95. The molecule has 7 heteroatoms. The summed E-state index contributed by atoms with van der Waals surface area (Å²) < 4.78 is 32.0. The van der Waals surface area contributed by atoms with Crippen molar-refractivity contribution < 1.29 is 18.4 Å². The molecule has 0 radical (unpaired) electrons. The van der Waals surface area contributed by atoms with Gasteiger partial charge in [0.05, 0.1) is 0 Å². The Morgan fingerprint density at radius 1 is 1.36 bits per heavy atom. The lowest BCUT2D eigenvalue weighted by atomic mass is 10.1. The Kier molecular flexibility index (Phi) is 5.08. The molecule has 2 aromatic rings. The first-order valence-electron chi connectivity index (χ1n) is 6.63. The highest BCUT2D eigenvalue weighted by molar-refractivity contribution is 6.01. The van der Waals surface area contributed by atoms with E-state index in [0.717, 1.165) is 11.1 Å². The van der Waals surface area contributed by atoms with Crippen LogP contribution in [0.1, 0.15) is 23.2 Å². The predicted molar refractivity (Wildman–Crippen MR) is 78.4 cm³/mol. The molecular formula is C15H17F2N3O2. The van der Waals surface area contributed by atoms with Crippen LogP contribution in [0.2, 0.25) is 0 Å². The van der Waals surface area contributed by atoms with E-state index in [1.807, 2.05) is 31.2 Å². The number of aromatic nitrogens is 2. The van der Waals surface area contributed by atoms with Gasteiger partial charge in [0.2, 0.25) is 5.88 Å². The van der Waals surface area contributed by atoms with Crippen LogP contribution in [-0.2, 0) is 11.9 Å². The van der Waals surface area contributed by atoms with E-state index in [0.29, 0.717) is 5.71 Å². The van der Waals surface area contributed by atoms with E-state index < -0.39 is 6.43 Å². The molecule has 0 saturated carbocycles. The zero-order valence-corrected chi connectivity index (χ0v) is 12.6. The summed E-state index contributed by atoms with van der Waals surface area (Å²) >= 11 is 0. The van der Waals surface area contributed by atoms with Gasteiger partial charge in [-0.1, -0.05) is 28.9 Å². The fraction of sp³-hybridized carbons (Fsp3) is 0.333. The van der Waals surface area contributed by atoms with E-state index in [-0.39, 0.29) is 18.2 Å². The number of rotatable bonds is 6. The average molecular weight is 309 g/mol. The molecule has 1 heterocycles. The molecule has 1 aromatic heterocycles. The van der Waals surface area contributed by atoms with E-state index in [4.69, 9.17) is 9.57 Å². The Balaban J connectivity index is 2.15. The van der Waals surface area contributed by atoms with Crippen LogP contribution < -0.4 is 4.74 Å². The summed E-state index contributed by atoms with van der Waals surface area (Å²) in [7, 11) is 2.98. The van der Waals surface area contributed by atoms with Crippen LogP contribution >= 0.6 is 0 Å². The third kappa shape index (κ3) is 3.81. The highest BCUT2D eigenvalue weighted by Crippen LogP contribution is 2.22. The van der Waals surface area contributed by atoms with Crippen molar-refractivity contribution in [2.24, 2.45) is 12.2 Å². The van der Waals surface area contributed by atoms with Gasteiger partial charge in [0, 0.05) is 18.7 Å². The lowest BCUT2D eigenvalue weighted by Crippen LogP contribution is -2.15. The van der Waals surface area contributed by atoms with Gasteiger partial charge in [-0.05, 0) is 13.0 Å². The number of aryl methyl sites for hydroxylation is 2. The highest BCUT2D eigenvalue weighted by Gasteiger charge is 2.15. The number of hydrogen-bond acceptors (Lipinski definition) is 4. The van der Waals surface area contributed by atoms with Crippen LogP contribution in [0.3, 0.4) is 0 Å². The van der Waals surface area contributed by atoms with Crippen molar-refractivity contribution in [1.82, 2.24) is 9.78 Å². The van der Waals surface area contributed by atoms with Crippen LogP contribution in [0.25, 0.3) is 0 Å². The minimum atomic E-state index is -2.63. The number of alkyl halides is 2. The first-order chi connectivity index (χ1) is 10.5. The Bertz CT molecular complexity index is 669. The highest BCUT2D eigenvalue weighted by atomic mass is 19.3. The van der Waals surface area contributed by atoms with Gasteiger partial charge in [0.1, 0.15) is 25.1 Å². The van der Waals surface area contributed by atoms with Crippen molar-refractivity contribution >= 4 is 5.71 Å². The predicted octanol–water partition coefficient (Wildman–Crippen LogP) is 3.10. The van der Waals surface area contributed by atoms with Crippen molar-refractivity contribution in [3.05, 3.63) is 47.2 Å². The summed E-state index contributed by atoms with van der Waals surface area (Å²) in [4.78, 5) is 4.83. The van der Waals surface area contributed by atoms with Gasteiger partial charge in [0.25, 0.3) is 6.43 Å². The standard InChI is InChI=1S/C15H17F2N3O2/c1-10-5-4-6-11(7-10)13(19-21-3)9-22-14-8-12(15(16)17)18-20(14)2/h4-8,15H,9H2,1-3H3. The Morgan fingerprint density at radius 3 is 2.73 bits per heavy atom. The van der Waals surface area contributed by atoms with Crippen molar-refractivity contribution in [1.29, 1.82) is 0 Å². The van der Waals surface area contributed by atoms with Gasteiger partial charge < -0.3 is 9.57 Å². The summed E-state index contributed by atoms with van der Waals surface area (Å²) in [6.45, 7) is 2.05. The first-order valence-corrected chi connectivity index (χ1v) is 6.63. The Hall–Kier alpha value is -2.44. The number of ether oxygens (including phenoxy) is 1. The third-order valence-corrected chi connectivity index (χ3v) is 2.99. The van der Waals surface area contributed by atoms with Crippen molar-refractivity contribution in [2.75, 3.05) is 13.7 Å². The van der Waals surface area contributed by atoms with E-state index in [1.54, 1.807) is 7.05 Å². The minimum Gasteiger partial charge on any atom is -0.471 e. The number of halogens is 2. The third-order valence-electron chi connectivity index (χ3n) is 2.99. The van der Waals surface area contributed by atoms with Gasteiger partial charge in [0.15, 0.2) is 0 Å². The fourth-order valence-electron chi connectivity index (χ4n) is 1.95. The molecule has 0 spiro atoms. The average Bonchev–Trinajstić information content (AvgIpc) is 2.85. The second-order valence-electron chi connectivity index (χ2n) is 4.71. The number of oxime groups is 1. The summed E-state index contributed by atoms with van der Waals surface area (Å²) in [6, 6.07) is 8.89. The van der Waals surface area contributed by atoms with Crippen LogP contribution in [0.5, 0.6) is 5.88 Å². The molecule has 1 aromatic carbocycles. The molecule has 0 aliphatic heterocycles. The molecule has 22 heavy (non-hydrogen) atoms. The monoisotopic (exact) mass is 309 g/mol. The molecule has 0 fully saturated rings. The molecule has 0 saturated heterocycles. The van der Waals surface area contributed by atoms with Crippen LogP contribution in [0.15, 0.2) is 35.5 Å². The topological polar surface area (TPSA) is 48.6 Å². The second-order valence-corrected chi connectivity index (χ2v) is 4.71. The maximum Gasteiger partial charge on any atom is 0.282 e. The zero-order valence-electron chi connectivity index (χ0n) is 12.6. The van der Waals surface area contributed by atoms with E-state index in [1.165, 1.54) is 17.9 Å². The molecule has 0 aliphatic rings. The molecule has 0 N–H and O–H groups in total. The maximum atomic E-state index is 12.6.